The largest absolute Gasteiger partial charge is 0.461 e. The minimum atomic E-state index is -0.471. The summed E-state index contributed by atoms with van der Waals surface area (Å²) in [6.45, 7) is 5.22. The van der Waals surface area contributed by atoms with Crippen LogP contribution in [0.2, 0.25) is 0 Å². The van der Waals surface area contributed by atoms with Crippen molar-refractivity contribution in [3.05, 3.63) is 11.6 Å². The number of hydrogen-bond donors (Lipinski definition) is 0. The third kappa shape index (κ3) is 7.70. The quantitative estimate of drug-likeness (QED) is 0.265. The number of allylic oxidation sites excluding steroid dienone is 1. The number of ether oxygens (including phenoxy) is 1. The molecule has 3 unspecified atom stereocenters. The van der Waals surface area contributed by atoms with Gasteiger partial charge in [-0.15, -0.1) is 23.2 Å². The van der Waals surface area contributed by atoms with E-state index < -0.39 is 4.32 Å². The fraction of sp³-hybridized carbons (Fsp3) is 0.750. The topological polar surface area (TPSA) is 26.3 Å². The summed E-state index contributed by atoms with van der Waals surface area (Å²) in [6, 6.07) is 0. The number of hydrogen-bond acceptors (Lipinski definition) is 2. The maximum Gasteiger partial charge on any atom is 0.302 e. The van der Waals surface area contributed by atoms with Gasteiger partial charge < -0.3 is 4.74 Å². The number of rotatable bonds is 7. The van der Waals surface area contributed by atoms with E-state index >= 15 is 0 Å². The summed E-state index contributed by atoms with van der Waals surface area (Å²) in [5, 5.41) is -0.171. The van der Waals surface area contributed by atoms with Gasteiger partial charge in [0.1, 0.15) is 6.10 Å². The van der Waals surface area contributed by atoms with E-state index in [1.807, 2.05) is 19.9 Å². The molecule has 0 aliphatic heterocycles. The maximum absolute atomic E-state index is 11.2. The fourth-order valence-electron chi connectivity index (χ4n) is 1.31. The van der Waals surface area contributed by atoms with Gasteiger partial charge in [0.05, 0.1) is 13.4 Å². The van der Waals surface area contributed by atoms with Crippen molar-refractivity contribution in [3.8, 4) is 0 Å². The summed E-state index contributed by atoms with van der Waals surface area (Å²) in [6.07, 6.45) is 2.17. The maximum atomic E-state index is 11.2. The number of alkyl halides is 5. The van der Waals surface area contributed by atoms with Gasteiger partial charge in [-0.3, -0.25) is 4.79 Å². The van der Waals surface area contributed by atoms with Crippen LogP contribution in [0.5, 0.6) is 0 Å². The molecule has 0 bridgehead atoms. The Hall–Kier alpha value is 1.23. The third-order valence-corrected chi connectivity index (χ3v) is 6.48. The van der Waals surface area contributed by atoms with Crippen LogP contribution in [-0.2, 0) is 9.53 Å². The second-order valence-corrected chi connectivity index (χ2v) is 10.2. The average molecular weight is 504 g/mol. The molecule has 0 aliphatic carbocycles. The van der Waals surface area contributed by atoms with E-state index in [0.717, 1.165) is 5.57 Å². The van der Waals surface area contributed by atoms with Gasteiger partial charge in [0.2, 0.25) is 0 Å². The monoisotopic (exact) mass is 500 g/mol. The van der Waals surface area contributed by atoms with Crippen LogP contribution in [-0.4, -0.2) is 31.4 Å². The van der Waals surface area contributed by atoms with Crippen LogP contribution in [0.1, 0.15) is 27.2 Å². The van der Waals surface area contributed by atoms with E-state index in [-0.39, 0.29) is 21.2 Å². The molecule has 0 aromatic carbocycles. The van der Waals surface area contributed by atoms with Crippen LogP contribution in [0.4, 0.5) is 0 Å². The molecule has 0 N–H and O–H groups in total. The Morgan fingerprint density at radius 2 is 1.95 bits per heavy atom. The Morgan fingerprint density at radius 1 is 1.42 bits per heavy atom. The fourth-order valence-corrected chi connectivity index (χ4v) is 2.68. The number of esters is 1. The van der Waals surface area contributed by atoms with Crippen molar-refractivity contribution in [2.24, 2.45) is 0 Å². The highest BCUT2D eigenvalue weighted by atomic mass is 79.9. The molecule has 7 heteroatoms. The summed E-state index contributed by atoms with van der Waals surface area (Å²) in [5.74, 6) is 0.00916. The van der Waals surface area contributed by atoms with Crippen LogP contribution in [0, 0.1) is 0 Å². The van der Waals surface area contributed by atoms with Crippen LogP contribution < -0.4 is 0 Å². The van der Waals surface area contributed by atoms with Crippen LogP contribution >= 0.6 is 71.0 Å². The van der Waals surface area contributed by atoms with Gasteiger partial charge in [-0.1, -0.05) is 59.4 Å². The molecule has 0 heterocycles. The minimum Gasteiger partial charge on any atom is -0.461 e. The highest BCUT2D eigenvalue weighted by molar-refractivity contribution is 9.24. The van der Waals surface area contributed by atoms with Crippen molar-refractivity contribution in [2.45, 2.75) is 46.7 Å². The molecule has 112 valence electrons. The lowest BCUT2D eigenvalue weighted by atomic mass is 10.0. The van der Waals surface area contributed by atoms with Gasteiger partial charge in [0, 0.05) is 19.2 Å². The third-order valence-electron chi connectivity index (χ3n) is 2.55. The predicted molar refractivity (Wildman–Crippen MR) is 93.3 cm³/mol. The van der Waals surface area contributed by atoms with Crippen LogP contribution in [0.25, 0.3) is 0 Å². The summed E-state index contributed by atoms with van der Waals surface area (Å²) < 4.78 is 4.84. The highest BCUT2D eigenvalue weighted by Crippen LogP contribution is 2.30. The predicted octanol–water partition coefficient (Wildman–Crippen LogP) is 5.37. The Labute approximate surface area is 150 Å². The summed E-state index contributed by atoms with van der Waals surface area (Å²) >= 11 is 22.3. The molecule has 0 aliphatic rings. The zero-order valence-corrected chi connectivity index (χ0v) is 17.2. The molecular weight excluding hydrogens is 487 g/mol. The van der Waals surface area contributed by atoms with Crippen molar-refractivity contribution in [3.63, 3.8) is 0 Å². The van der Waals surface area contributed by atoms with Crippen molar-refractivity contribution < 1.29 is 9.53 Å². The van der Waals surface area contributed by atoms with Gasteiger partial charge in [0.25, 0.3) is 0 Å². The molecule has 0 saturated heterocycles. The first-order valence-electron chi connectivity index (χ1n) is 5.62. The standard InChI is InChI=1S/C12H17Br3Cl2O2/c1-7(10(17)11(13)14)4-5-9(19-8(2)18)12(3,15)6-16/h4,9-11H,5-6H2,1-3H3/b7-4-. The van der Waals surface area contributed by atoms with Gasteiger partial charge in [-0.2, -0.15) is 0 Å². The van der Waals surface area contributed by atoms with Gasteiger partial charge in [-0.25, -0.2) is 0 Å². The Balaban J connectivity index is 4.84. The molecule has 0 amide bonds. The zero-order valence-electron chi connectivity index (χ0n) is 10.9. The lowest BCUT2D eigenvalue weighted by Crippen LogP contribution is -2.38. The van der Waals surface area contributed by atoms with Gasteiger partial charge >= 0.3 is 5.97 Å². The van der Waals surface area contributed by atoms with E-state index in [2.05, 4.69) is 47.8 Å². The summed E-state index contributed by atoms with van der Waals surface area (Å²) in [4.78, 5) is 11.2. The lowest BCUT2D eigenvalue weighted by molar-refractivity contribution is -0.147. The zero-order chi connectivity index (χ0) is 15.2. The molecule has 2 nitrogen and oxygen atoms in total. The van der Waals surface area contributed by atoms with Gasteiger partial charge in [-0.05, 0) is 13.8 Å². The van der Waals surface area contributed by atoms with E-state index in [9.17, 15) is 4.79 Å². The smallest absolute Gasteiger partial charge is 0.302 e. The molecule has 0 aromatic heterocycles. The molecule has 19 heavy (non-hydrogen) atoms. The minimum absolute atomic E-state index is 0.00604. The van der Waals surface area contributed by atoms with Crippen LogP contribution in [0.15, 0.2) is 11.6 Å². The number of carbonyl (C=O) groups is 1. The summed E-state index contributed by atoms with van der Waals surface area (Å²) in [7, 11) is 0. The molecule has 0 rings (SSSR count). The van der Waals surface area contributed by atoms with E-state index in [1.54, 1.807) is 0 Å². The van der Waals surface area contributed by atoms with Gasteiger partial charge in [0.15, 0.2) is 0 Å². The molecule has 0 saturated carbocycles. The van der Waals surface area contributed by atoms with Crippen molar-refractivity contribution in [2.75, 3.05) is 5.88 Å². The van der Waals surface area contributed by atoms with E-state index in [1.165, 1.54) is 6.92 Å². The average Bonchev–Trinajstić information content (AvgIpc) is 2.32. The first kappa shape index (κ1) is 20.2. The molecule has 0 fully saturated rings. The second-order valence-electron chi connectivity index (χ2n) is 4.43. The molecule has 0 aromatic rings. The molecule has 0 spiro atoms. The first-order valence-corrected chi connectivity index (χ1v) is 9.22. The van der Waals surface area contributed by atoms with Crippen molar-refractivity contribution in [1.82, 2.24) is 0 Å². The van der Waals surface area contributed by atoms with E-state index in [4.69, 9.17) is 27.9 Å². The molecular formula is C12H17Br3Cl2O2. The molecule has 3 atom stereocenters. The Kier molecular flexibility index (Phi) is 9.89. The molecule has 0 radical (unpaired) electrons. The number of carbonyl (C=O) groups excluding carboxylic acids is 1. The Morgan fingerprint density at radius 3 is 2.32 bits per heavy atom. The van der Waals surface area contributed by atoms with Crippen molar-refractivity contribution in [1.29, 1.82) is 0 Å². The highest BCUT2D eigenvalue weighted by Gasteiger charge is 2.33. The normalized spacial score (nSPS) is 18.9. The second kappa shape index (κ2) is 9.29. The first-order chi connectivity index (χ1) is 8.61. The van der Waals surface area contributed by atoms with E-state index in [0.29, 0.717) is 12.3 Å². The lowest BCUT2D eigenvalue weighted by Gasteiger charge is -2.29. The number of halogens is 5. The Bertz CT molecular complexity index is 333. The summed E-state index contributed by atoms with van der Waals surface area (Å²) in [5.41, 5.74) is 0.996. The van der Waals surface area contributed by atoms with Crippen molar-refractivity contribution >= 4 is 77.0 Å². The van der Waals surface area contributed by atoms with Crippen LogP contribution in [0.3, 0.4) is 0 Å². The SMILES string of the molecule is CC(=O)OC(C/C=C(/C)C(Cl)C(Br)Br)C(C)(Br)CCl.